The van der Waals surface area contributed by atoms with Crippen molar-refractivity contribution >= 4 is 11.0 Å². The van der Waals surface area contributed by atoms with Gasteiger partial charge in [-0.05, 0) is 25.1 Å². The van der Waals surface area contributed by atoms with Crippen molar-refractivity contribution in [2.24, 2.45) is 0 Å². The average molecular weight is 609 g/mol. The third-order valence-electron chi connectivity index (χ3n) is 7.69. The van der Waals surface area contributed by atoms with Gasteiger partial charge in [0.05, 0.1) is 25.4 Å². The summed E-state index contributed by atoms with van der Waals surface area (Å²) < 4.78 is 27.6. The Balaban J connectivity index is 1.49. The Labute approximate surface area is 242 Å². The van der Waals surface area contributed by atoms with Gasteiger partial charge >= 0.3 is 0 Å². The Hall–Kier alpha value is -3.51. The number of hydrogen-bond donors (Lipinski definition) is 9. The summed E-state index contributed by atoms with van der Waals surface area (Å²) in [6.07, 6.45) is -14.7. The predicted octanol–water partition coefficient (Wildman–Crippen LogP) is -1.40. The van der Waals surface area contributed by atoms with E-state index >= 15 is 0 Å². The van der Waals surface area contributed by atoms with E-state index in [0.717, 1.165) is 6.07 Å². The molecule has 2 saturated heterocycles. The zero-order valence-corrected chi connectivity index (χ0v) is 22.8. The molecule has 5 rings (SSSR count). The number of phenols is 2. The molecule has 1 aromatic heterocycles. The lowest BCUT2D eigenvalue weighted by Crippen LogP contribution is -2.58. The van der Waals surface area contributed by atoms with Crippen molar-refractivity contribution in [3.8, 4) is 34.3 Å². The Morgan fingerprint density at radius 2 is 1.53 bits per heavy atom. The van der Waals surface area contributed by atoms with Crippen molar-refractivity contribution in [2.45, 2.75) is 68.1 Å². The van der Waals surface area contributed by atoms with Crippen LogP contribution in [0, 0.1) is 0 Å². The van der Waals surface area contributed by atoms with Crippen LogP contribution in [0.4, 0.5) is 0 Å². The first-order chi connectivity index (χ1) is 20.4. The van der Waals surface area contributed by atoms with Gasteiger partial charge in [0.25, 0.3) is 0 Å². The van der Waals surface area contributed by atoms with Crippen LogP contribution in [0.15, 0.2) is 39.5 Å². The van der Waals surface area contributed by atoms with E-state index in [0.29, 0.717) is 0 Å². The first-order valence-electron chi connectivity index (χ1n) is 13.3. The van der Waals surface area contributed by atoms with E-state index in [2.05, 4.69) is 0 Å². The predicted molar refractivity (Wildman–Crippen MR) is 144 cm³/mol. The SMILES string of the molecule is COc1cc2oc(-c3ccc(O[C@@H]4O[C@@H](C)[C@H](O)[C@@H](O)[C@H]4O)c(O)c3)cc(=O)c2c(O)c1[C@@H]1O[C@H](CO)[C@@H](O)[C@H](O)[C@H]1O. The van der Waals surface area contributed by atoms with Gasteiger partial charge in [-0.15, -0.1) is 0 Å². The van der Waals surface area contributed by atoms with Crippen molar-refractivity contribution in [2.75, 3.05) is 13.7 Å². The lowest BCUT2D eigenvalue weighted by molar-refractivity contribution is -0.268. The zero-order valence-electron chi connectivity index (χ0n) is 22.8. The van der Waals surface area contributed by atoms with Gasteiger partial charge in [-0.1, -0.05) is 0 Å². The monoisotopic (exact) mass is 608 g/mol. The topological polar surface area (TPSA) is 249 Å². The number of aliphatic hydroxyl groups excluding tert-OH is 7. The number of methoxy groups -OCH3 is 1. The zero-order chi connectivity index (χ0) is 31.3. The number of hydrogen-bond acceptors (Lipinski definition) is 15. The number of benzene rings is 2. The maximum absolute atomic E-state index is 13.2. The molecule has 0 saturated carbocycles. The molecule has 0 bridgehead atoms. The number of fused-ring (bicyclic) bond motifs is 1. The maximum Gasteiger partial charge on any atom is 0.229 e. The van der Waals surface area contributed by atoms with Gasteiger partial charge in [0.2, 0.25) is 6.29 Å². The molecule has 2 aliphatic heterocycles. The number of aliphatic hydroxyl groups is 7. The Morgan fingerprint density at radius 3 is 2.19 bits per heavy atom. The van der Waals surface area contributed by atoms with Crippen molar-refractivity contribution < 1.29 is 69.3 Å². The number of phenolic OH excluding ortho intramolecular Hbond substituents is 2. The molecule has 0 unspecified atom stereocenters. The van der Waals surface area contributed by atoms with Gasteiger partial charge < -0.3 is 69.3 Å². The maximum atomic E-state index is 13.2. The normalized spacial score (nSPS) is 33.0. The van der Waals surface area contributed by atoms with Crippen molar-refractivity contribution in [3.63, 3.8) is 0 Å². The molecule has 2 aliphatic rings. The fourth-order valence-electron chi connectivity index (χ4n) is 5.23. The van der Waals surface area contributed by atoms with Crippen LogP contribution in [0.3, 0.4) is 0 Å². The average Bonchev–Trinajstić information content (AvgIpc) is 2.98. The van der Waals surface area contributed by atoms with E-state index in [1.165, 1.54) is 38.3 Å². The second kappa shape index (κ2) is 11.9. The first kappa shape index (κ1) is 30.9. The van der Waals surface area contributed by atoms with E-state index in [1.807, 2.05) is 0 Å². The van der Waals surface area contributed by atoms with Gasteiger partial charge in [-0.2, -0.15) is 0 Å². The molecular formula is C28H32O15. The number of rotatable bonds is 6. The Bertz CT molecular complexity index is 1540. The summed E-state index contributed by atoms with van der Waals surface area (Å²) in [4.78, 5) is 13.2. The van der Waals surface area contributed by atoms with Crippen LogP contribution in [0.2, 0.25) is 0 Å². The lowest BCUT2D eigenvalue weighted by atomic mass is 9.89. The highest BCUT2D eigenvalue weighted by Gasteiger charge is 2.46. The fourth-order valence-corrected chi connectivity index (χ4v) is 5.23. The highest BCUT2D eigenvalue weighted by Crippen LogP contribution is 2.45. The summed E-state index contributed by atoms with van der Waals surface area (Å²) in [7, 11) is 1.24. The molecule has 0 spiro atoms. The Morgan fingerprint density at radius 1 is 0.837 bits per heavy atom. The third-order valence-corrected chi connectivity index (χ3v) is 7.69. The molecule has 9 N–H and O–H groups in total. The molecule has 15 heteroatoms. The molecule has 0 amide bonds. The lowest BCUT2D eigenvalue weighted by Gasteiger charge is -2.40. The summed E-state index contributed by atoms with van der Waals surface area (Å²) in [5, 5.41) is 92.0. The highest BCUT2D eigenvalue weighted by atomic mass is 16.7. The molecular weight excluding hydrogens is 576 g/mol. The molecule has 15 nitrogen and oxygen atoms in total. The second-order valence-corrected chi connectivity index (χ2v) is 10.4. The standard InChI is InChI=1S/C28H32O15/c1-9-20(32)23(35)26(38)28(40-9)43-13-4-3-10(5-11(13)30)14-6-12(31)18-16(41-14)7-15(39-2)19(22(18)34)27-25(37)24(36)21(33)17(8-29)42-27/h3-7,9,17,20-21,23-30,32-38H,8H2,1-2H3/t9-,17+,20-,21+,23+,24-,25+,26+,27-,28-/m0/s1. The van der Waals surface area contributed by atoms with E-state index in [-0.39, 0.29) is 39.4 Å². The summed E-state index contributed by atoms with van der Waals surface area (Å²) in [6, 6.07) is 6.20. The van der Waals surface area contributed by atoms with E-state index in [4.69, 9.17) is 23.4 Å². The van der Waals surface area contributed by atoms with Crippen LogP contribution >= 0.6 is 0 Å². The van der Waals surface area contributed by atoms with Crippen molar-refractivity contribution in [1.82, 2.24) is 0 Å². The van der Waals surface area contributed by atoms with E-state index < -0.39 is 84.8 Å². The fraction of sp³-hybridized carbons (Fsp3) is 0.464. The van der Waals surface area contributed by atoms with Gasteiger partial charge in [-0.3, -0.25) is 4.79 Å². The van der Waals surface area contributed by atoms with E-state index in [9.17, 15) is 50.8 Å². The summed E-state index contributed by atoms with van der Waals surface area (Å²) in [5.74, 6) is -1.41. The minimum absolute atomic E-state index is 0.0393. The molecule has 43 heavy (non-hydrogen) atoms. The highest BCUT2D eigenvalue weighted by molar-refractivity contribution is 5.88. The molecule has 2 aromatic carbocycles. The van der Waals surface area contributed by atoms with Crippen LogP contribution in [0.1, 0.15) is 18.6 Å². The molecule has 3 heterocycles. The first-order valence-corrected chi connectivity index (χ1v) is 13.3. The van der Waals surface area contributed by atoms with Gasteiger partial charge in [-0.25, -0.2) is 0 Å². The number of aromatic hydroxyl groups is 2. The van der Waals surface area contributed by atoms with Gasteiger partial charge in [0.1, 0.15) is 77.1 Å². The molecule has 234 valence electrons. The van der Waals surface area contributed by atoms with Crippen LogP contribution in [-0.2, 0) is 9.47 Å². The molecule has 10 atom stereocenters. The summed E-state index contributed by atoms with van der Waals surface area (Å²) in [5.41, 5.74) is -0.896. The van der Waals surface area contributed by atoms with Crippen LogP contribution in [-0.4, -0.2) is 115 Å². The Kier molecular flexibility index (Phi) is 8.54. The minimum Gasteiger partial charge on any atom is -0.506 e. The molecule has 3 aromatic rings. The van der Waals surface area contributed by atoms with Crippen LogP contribution in [0.5, 0.6) is 23.0 Å². The molecule has 2 fully saturated rings. The molecule has 0 aliphatic carbocycles. The largest absolute Gasteiger partial charge is 0.506 e. The second-order valence-electron chi connectivity index (χ2n) is 10.4. The number of ether oxygens (including phenoxy) is 4. The van der Waals surface area contributed by atoms with Crippen molar-refractivity contribution in [1.29, 1.82) is 0 Å². The van der Waals surface area contributed by atoms with Gasteiger partial charge in [0, 0.05) is 17.7 Å². The van der Waals surface area contributed by atoms with Crippen molar-refractivity contribution in [3.05, 3.63) is 46.1 Å². The summed E-state index contributed by atoms with van der Waals surface area (Å²) >= 11 is 0. The quantitative estimate of drug-likeness (QED) is 0.156. The minimum atomic E-state index is -1.76. The van der Waals surface area contributed by atoms with Crippen LogP contribution < -0.4 is 14.9 Å². The van der Waals surface area contributed by atoms with Crippen LogP contribution in [0.25, 0.3) is 22.3 Å². The third kappa shape index (κ3) is 5.39. The van der Waals surface area contributed by atoms with Gasteiger partial charge in [0.15, 0.2) is 16.9 Å². The van der Waals surface area contributed by atoms with E-state index in [1.54, 1.807) is 0 Å². The summed E-state index contributed by atoms with van der Waals surface area (Å²) in [6.45, 7) is 0.763. The smallest absolute Gasteiger partial charge is 0.229 e. The molecule has 0 radical (unpaired) electrons.